The second kappa shape index (κ2) is 8.92. The van der Waals surface area contributed by atoms with Gasteiger partial charge in [0.1, 0.15) is 5.65 Å². The zero-order valence-corrected chi connectivity index (χ0v) is 20.7. The summed E-state index contributed by atoms with van der Waals surface area (Å²) in [4.78, 5) is 16.8. The molecule has 2 heterocycles. The molecule has 0 saturated carbocycles. The number of hydrogen-bond donors (Lipinski definition) is 1. The van der Waals surface area contributed by atoms with Gasteiger partial charge < -0.3 is 9.55 Å². The van der Waals surface area contributed by atoms with Crippen LogP contribution in [0.3, 0.4) is 0 Å². The van der Waals surface area contributed by atoms with E-state index in [9.17, 15) is 22.4 Å². The van der Waals surface area contributed by atoms with Crippen molar-refractivity contribution in [1.82, 2.24) is 9.55 Å². The number of hydrogen-bond acceptors (Lipinski definition) is 4. The van der Waals surface area contributed by atoms with E-state index >= 15 is 0 Å². The first-order valence-electron chi connectivity index (χ1n) is 11.9. The van der Waals surface area contributed by atoms with Gasteiger partial charge in [-0.3, -0.25) is 4.79 Å². The zero-order chi connectivity index (χ0) is 25.6. The Labute approximate surface area is 207 Å². The van der Waals surface area contributed by atoms with Crippen molar-refractivity contribution in [3.63, 3.8) is 0 Å². The molecule has 0 atom stereocenters. The van der Waals surface area contributed by atoms with Crippen LogP contribution >= 0.6 is 0 Å². The van der Waals surface area contributed by atoms with E-state index in [1.54, 1.807) is 18.2 Å². The Morgan fingerprint density at radius 3 is 2.56 bits per heavy atom. The van der Waals surface area contributed by atoms with Gasteiger partial charge in [-0.25, -0.2) is 0 Å². The van der Waals surface area contributed by atoms with Crippen molar-refractivity contribution in [2.45, 2.75) is 44.6 Å². The van der Waals surface area contributed by atoms with Crippen LogP contribution in [0.15, 0.2) is 64.3 Å². The largest absolute Gasteiger partial charge is 0.340 e. The summed E-state index contributed by atoms with van der Waals surface area (Å²) < 4.78 is 38.9. The van der Waals surface area contributed by atoms with Gasteiger partial charge in [0.25, 0.3) is 0 Å². The Morgan fingerprint density at radius 2 is 1.86 bits per heavy atom. The number of benzene rings is 3. The number of aryl methyl sites for hydroxylation is 2. The molecule has 0 fully saturated rings. The summed E-state index contributed by atoms with van der Waals surface area (Å²) >= 11 is 0. The van der Waals surface area contributed by atoms with Crippen LogP contribution in [0.5, 0.6) is 0 Å². The molecule has 6 nitrogen and oxygen atoms in total. The number of unbranched alkanes of at least 4 members (excludes halogenated alkanes) is 1. The number of nitrogens with zero attached hydrogens (tertiary/aromatic N) is 2. The second-order valence-corrected chi connectivity index (χ2v) is 10.2. The van der Waals surface area contributed by atoms with Gasteiger partial charge in [0.05, 0.1) is 27.4 Å². The maximum Gasteiger partial charge on any atom is 0.332 e. The lowest BCUT2D eigenvalue weighted by atomic mass is 9.95. The third-order valence-electron chi connectivity index (χ3n) is 6.70. The van der Waals surface area contributed by atoms with E-state index in [4.69, 9.17) is 0 Å². The Morgan fingerprint density at radius 1 is 1.06 bits per heavy atom. The van der Waals surface area contributed by atoms with Crippen molar-refractivity contribution in [1.29, 1.82) is 5.26 Å². The van der Waals surface area contributed by atoms with Crippen LogP contribution in [-0.4, -0.2) is 18.0 Å². The lowest BCUT2D eigenvalue weighted by molar-refractivity contribution is 0.552. The highest BCUT2D eigenvalue weighted by Crippen LogP contribution is 2.33. The Balaban J connectivity index is 1.90. The van der Waals surface area contributed by atoms with Crippen molar-refractivity contribution < 1.29 is 12.3 Å². The minimum absolute atomic E-state index is 0.106. The lowest BCUT2D eigenvalue weighted by Gasteiger charge is -2.17. The van der Waals surface area contributed by atoms with Gasteiger partial charge in [-0.05, 0) is 65.9 Å². The van der Waals surface area contributed by atoms with Gasteiger partial charge in [0.2, 0.25) is 0 Å². The number of aromatic nitrogens is 2. The van der Waals surface area contributed by atoms with Crippen molar-refractivity contribution >= 4 is 43.1 Å². The molecule has 0 bridgehead atoms. The molecule has 0 unspecified atom stereocenters. The molecule has 0 spiro atoms. The molecule has 0 aliphatic carbocycles. The van der Waals surface area contributed by atoms with Crippen LogP contribution in [0.4, 0.5) is 3.89 Å². The molecule has 0 saturated heterocycles. The average Bonchev–Trinajstić information content (AvgIpc) is 3.26. The second-order valence-electron chi connectivity index (χ2n) is 8.90. The molecular weight excluding hydrogens is 477 g/mol. The fourth-order valence-corrected chi connectivity index (χ4v) is 5.41. The molecule has 182 valence electrons. The molecule has 1 N–H and O–H groups in total. The Bertz CT molecular complexity index is 1880. The molecular formula is C28H24FN3O3S. The van der Waals surface area contributed by atoms with Gasteiger partial charge in [0, 0.05) is 22.8 Å². The molecule has 2 aromatic heterocycles. The van der Waals surface area contributed by atoms with Crippen LogP contribution in [0.2, 0.25) is 0 Å². The van der Waals surface area contributed by atoms with E-state index in [0.29, 0.717) is 46.0 Å². The monoisotopic (exact) mass is 501 g/mol. The smallest absolute Gasteiger partial charge is 0.332 e. The van der Waals surface area contributed by atoms with Crippen molar-refractivity contribution in [2.75, 3.05) is 0 Å². The zero-order valence-electron chi connectivity index (χ0n) is 19.9. The van der Waals surface area contributed by atoms with Gasteiger partial charge in [-0.1, -0.05) is 38.5 Å². The number of halogens is 1. The third kappa shape index (κ3) is 3.86. The first-order valence-corrected chi connectivity index (χ1v) is 13.2. The molecule has 5 aromatic rings. The predicted octanol–water partition coefficient (Wildman–Crippen LogP) is 6.20. The van der Waals surface area contributed by atoms with Crippen LogP contribution in [-0.2, 0) is 23.2 Å². The number of pyridine rings is 1. The molecule has 8 heteroatoms. The van der Waals surface area contributed by atoms with Crippen LogP contribution in [0.1, 0.15) is 37.8 Å². The van der Waals surface area contributed by atoms with Crippen LogP contribution in [0, 0.1) is 11.3 Å². The summed E-state index contributed by atoms with van der Waals surface area (Å²) in [6.07, 6.45) is 2.43. The van der Waals surface area contributed by atoms with Gasteiger partial charge in [-0.15, -0.1) is 3.89 Å². The summed E-state index contributed by atoms with van der Waals surface area (Å²) in [5.41, 5.74) is 4.70. The molecule has 0 amide bonds. The van der Waals surface area contributed by atoms with Crippen molar-refractivity contribution in [3.05, 3.63) is 75.9 Å². The Kier molecular flexibility index (Phi) is 5.89. The van der Waals surface area contributed by atoms with E-state index in [0.717, 1.165) is 34.9 Å². The molecule has 36 heavy (non-hydrogen) atoms. The van der Waals surface area contributed by atoms with E-state index in [1.807, 2.05) is 25.1 Å². The average molecular weight is 502 g/mol. The Hall–Kier alpha value is -3.96. The lowest BCUT2D eigenvalue weighted by Crippen LogP contribution is -2.12. The van der Waals surface area contributed by atoms with E-state index in [1.165, 1.54) is 18.2 Å². The normalized spacial score (nSPS) is 11.9. The van der Waals surface area contributed by atoms with Gasteiger partial charge in [-0.2, -0.15) is 13.7 Å². The predicted molar refractivity (Wildman–Crippen MR) is 140 cm³/mol. The highest BCUT2D eigenvalue weighted by Gasteiger charge is 2.19. The number of rotatable bonds is 6. The maximum atomic E-state index is 13.8. The summed E-state index contributed by atoms with van der Waals surface area (Å²) in [7, 11) is -4.85. The SMILES string of the molecule is CCCCn1c2cc(-c3cccc(S(=O)(=O)F)c3)c(CC)cc2c(=O)c2c3ccc(C#N)cc3[nH]c21. The molecule has 3 aromatic carbocycles. The maximum absolute atomic E-state index is 13.8. The summed E-state index contributed by atoms with van der Waals surface area (Å²) in [5, 5.41) is 11.2. The quantitative estimate of drug-likeness (QED) is 0.280. The fraction of sp³-hybridized carbons (Fsp3) is 0.214. The molecule has 0 aliphatic heterocycles. The fourth-order valence-electron chi connectivity index (χ4n) is 4.90. The minimum atomic E-state index is -4.85. The van der Waals surface area contributed by atoms with Gasteiger partial charge in [0.15, 0.2) is 5.43 Å². The number of fused-ring (bicyclic) bond motifs is 4. The topological polar surface area (TPSA) is 95.7 Å². The minimum Gasteiger partial charge on any atom is -0.340 e. The number of H-pyrrole nitrogens is 1. The molecule has 5 rings (SSSR count). The summed E-state index contributed by atoms with van der Waals surface area (Å²) in [5.74, 6) is 0. The van der Waals surface area contributed by atoms with Crippen LogP contribution in [0.25, 0.3) is 44.0 Å². The van der Waals surface area contributed by atoms with Gasteiger partial charge >= 0.3 is 10.2 Å². The standard InChI is InChI=1S/C28H24FN3O3S/c1-3-5-11-32-25-15-22(19-7-6-8-20(13-19)36(29,34)35)18(4-2)14-23(25)27(33)26-21-10-9-17(16-30)12-24(21)31-28(26)32/h6-10,12-15,31H,3-5,11H2,1-2H3. The highest BCUT2D eigenvalue weighted by molar-refractivity contribution is 7.86. The summed E-state index contributed by atoms with van der Waals surface area (Å²) in [6, 6.07) is 17.0. The number of nitriles is 1. The van der Waals surface area contributed by atoms with Crippen molar-refractivity contribution in [2.24, 2.45) is 0 Å². The summed E-state index contributed by atoms with van der Waals surface area (Å²) in [6.45, 7) is 4.71. The van der Waals surface area contributed by atoms with E-state index in [2.05, 4.69) is 22.5 Å². The first kappa shape index (κ1) is 23.8. The van der Waals surface area contributed by atoms with Crippen molar-refractivity contribution in [3.8, 4) is 17.2 Å². The molecule has 0 radical (unpaired) electrons. The first-order chi connectivity index (χ1) is 17.3. The third-order valence-corrected chi connectivity index (χ3v) is 7.52. The molecule has 0 aliphatic rings. The highest BCUT2D eigenvalue weighted by atomic mass is 32.3. The van der Waals surface area contributed by atoms with E-state index < -0.39 is 15.1 Å². The number of aromatic amines is 1. The van der Waals surface area contributed by atoms with Crippen LogP contribution < -0.4 is 5.43 Å². The van der Waals surface area contributed by atoms with E-state index in [-0.39, 0.29) is 5.43 Å². The number of nitrogens with one attached hydrogen (secondary N) is 1.